The van der Waals surface area contributed by atoms with Gasteiger partial charge in [0.1, 0.15) is 11.6 Å². The second-order valence-corrected chi connectivity index (χ2v) is 11.7. The van der Waals surface area contributed by atoms with Gasteiger partial charge in [0.2, 0.25) is 0 Å². The van der Waals surface area contributed by atoms with E-state index in [-0.39, 0.29) is 16.9 Å². The summed E-state index contributed by atoms with van der Waals surface area (Å²) < 4.78 is 10.4. The summed E-state index contributed by atoms with van der Waals surface area (Å²) in [6.45, 7) is 15.4. The van der Waals surface area contributed by atoms with E-state index in [1.165, 1.54) is 4.68 Å². The maximum absolute atomic E-state index is 13.4. The average Bonchev–Trinajstić information content (AvgIpc) is 3.14. The molecule has 0 aliphatic rings. The summed E-state index contributed by atoms with van der Waals surface area (Å²) in [7, 11) is 0. The standard InChI is InChI=1S/C30H35BrN4O2/c1-8-19(2)28-33-27-14-9-23(31)16-26(27)29(36)35(28)32-17-22-15-20(3)34(21(22)4)24-10-12-25(13-11-24)37-18-30(5,6)7/h9-17,19H,8,18H2,1-7H3/t19-/m0/s1. The summed E-state index contributed by atoms with van der Waals surface area (Å²) in [5.74, 6) is 1.61. The molecular formula is C30H35BrN4O2. The van der Waals surface area contributed by atoms with Crippen molar-refractivity contribution in [1.29, 1.82) is 0 Å². The van der Waals surface area contributed by atoms with Crippen molar-refractivity contribution in [3.05, 3.63) is 86.1 Å². The van der Waals surface area contributed by atoms with Gasteiger partial charge >= 0.3 is 0 Å². The van der Waals surface area contributed by atoms with Gasteiger partial charge in [0.15, 0.2) is 0 Å². The van der Waals surface area contributed by atoms with E-state index in [0.717, 1.165) is 39.3 Å². The molecular weight excluding hydrogens is 528 g/mol. The first-order chi connectivity index (χ1) is 17.5. The van der Waals surface area contributed by atoms with Gasteiger partial charge in [-0.3, -0.25) is 4.79 Å². The highest BCUT2D eigenvalue weighted by atomic mass is 79.9. The normalized spacial score (nSPS) is 13.0. The minimum atomic E-state index is -0.169. The minimum Gasteiger partial charge on any atom is -0.493 e. The number of ether oxygens (including phenoxy) is 1. The number of nitrogens with zero attached hydrogens (tertiary/aromatic N) is 4. The molecule has 0 saturated carbocycles. The van der Waals surface area contributed by atoms with Gasteiger partial charge in [-0.15, -0.1) is 0 Å². The molecule has 0 amide bonds. The van der Waals surface area contributed by atoms with Crippen LogP contribution in [0.1, 0.15) is 69.7 Å². The Balaban J connectivity index is 1.70. The number of fused-ring (bicyclic) bond motifs is 1. The lowest BCUT2D eigenvalue weighted by Crippen LogP contribution is -2.23. The predicted octanol–water partition coefficient (Wildman–Crippen LogP) is 7.39. The molecule has 1 atom stereocenters. The summed E-state index contributed by atoms with van der Waals surface area (Å²) >= 11 is 3.47. The quantitative estimate of drug-likeness (QED) is 0.220. The molecule has 0 saturated heterocycles. The Morgan fingerprint density at radius 1 is 1.11 bits per heavy atom. The Hall–Kier alpha value is -3.19. The smallest absolute Gasteiger partial charge is 0.282 e. The van der Waals surface area contributed by atoms with Crippen molar-refractivity contribution in [2.24, 2.45) is 10.5 Å². The number of aryl methyl sites for hydroxylation is 1. The zero-order valence-electron chi connectivity index (χ0n) is 22.7. The topological polar surface area (TPSA) is 61.4 Å². The van der Waals surface area contributed by atoms with Gasteiger partial charge in [-0.25, -0.2) is 4.98 Å². The fourth-order valence-electron chi connectivity index (χ4n) is 4.21. The van der Waals surface area contributed by atoms with Crippen LogP contribution in [0.25, 0.3) is 16.6 Å². The minimum absolute atomic E-state index is 0.0874. The molecule has 0 N–H and O–H groups in total. The molecule has 4 aromatic rings. The number of hydrogen-bond acceptors (Lipinski definition) is 4. The van der Waals surface area contributed by atoms with Crippen molar-refractivity contribution in [3.8, 4) is 11.4 Å². The third-order valence-electron chi connectivity index (χ3n) is 6.44. The van der Waals surface area contributed by atoms with E-state index in [4.69, 9.17) is 9.72 Å². The number of benzene rings is 2. The molecule has 0 aliphatic heterocycles. The molecule has 0 bridgehead atoms. The predicted molar refractivity (Wildman–Crippen MR) is 156 cm³/mol. The van der Waals surface area contributed by atoms with E-state index in [1.54, 1.807) is 12.3 Å². The monoisotopic (exact) mass is 562 g/mol. The van der Waals surface area contributed by atoms with E-state index in [0.29, 0.717) is 23.3 Å². The highest BCUT2D eigenvalue weighted by Crippen LogP contribution is 2.24. The Bertz CT molecular complexity index is 1510. The molecule has 0 fully saturated rings. The number of halogens is 1. The summed E-state index contributed by atoms with van der Waals surface area (Å²) in [4.78, 5) is 18.2. The van der Waals surface area contributed by atoms with Gasteiger partial charge in [-0.05, 0) is 74.2 Å². The van der Waals surface area contributed by atoms with Crippen molar-refractivity contribution >= 4 is 33.0 Å². The largest absolute Gasteiger partial charge is 0.493 e. The van der Waals surface area contributed by atoms with Gasteiger partial charge < -0.3 is 9.30 Å². The van der Waals surface area contributed by atoms with E-state index in [2.05, 4.69) is 92.3 Å². The Morgan fingerprint density at radius 3 is 2.46 bits per heavy atom. The Labute approximate surface area is 227 Å². The van der Waals surface area contributed by atoms with Crippen LogP contribution in [-0.2, 0) is 0 Å². The molecule has 37 heavy (non-hydrogen) atoms. The Kier molecular flexibility index (Phi) is 7.74. The van der Waals surface area contributed by atoms with Crippen LogP contribution >= 0.6 is 15.9 Å². The first kappa shape index (κ1) is 26.9. The zero-order valence-corrected chi connectivity index (χ0v) is 24.3. The molecule has 6 nitrogen and oxygen atoms in total. The number of rotatable bonds is 7. The van der Waals surface area contributed by atoms with Gasteiger partial charge in [-0.2, -0.15) is 9.78 Å². The van der Waals surface area contributed by atoms with E-state index < -0.39 is 0 Å². The van der Waals surface area contributed by atoms with Crippen LogP contribution in [-0.4, -0.2) is 27.0 Å². The van der Waals surface area contributed by atoms with Crippen molar-refractivity contribution in [2.75, 3.05) is 6.61 Å². The first-order valence-corrected chi connectivity index (χ1v) is 13.5. The Morgan fingerprint density at radius 2 is 1.81 bits per heavy atom. The molecule has 0 aliphatic carbocycles. The summed E-state index contributed by atoms with van der Waals surface area (Å²) in [6, 6.07) is 15.8. The SMILES string of the molecule is CC[C@H](C)c1nc2ccc(Br)cc2c(=O)n1N=Cc1cc(C)n(-c2ccc(OCC(C)(C)C)cc2)c1C. The zero-order chi connectivity index (χ0) is 26.9. The van der Waals surface area contributed by atoms with Crippen molar-refractivity contribution in [1.82, 2.24) is 14.2 Å². The lowest BCUT2D eigenvalue weighted by Gasteiger charge is -2.19. The average molecular weight is 564 g/mol. The van der Waals surface area contributed by atoms with Gasteiger partial charge in [0, 0.05) is 33.0 Å². The van der Waals surface area contributed by atoms with Gasteiger partial charge in [0.05, 0.1) is 23.7 Å². The van der Waals surface area contributed by atoms with E-state index >= 15 is 0 Å². The first-order valence-electron chi connectivity index (χ1n) is 12.7. The summed E-state index contributed by atoms with van der Waals surface area (Å²) in [5, 5.41) is 5.20. The maximum Gasteiger partial charge on any atom is 0.282 e. The summed E-state index contributed by atoms with van der Waals surface area (Å²) in [5.41, 5.74) is 4.74. The van der Waals surface area contributed by atoms with Crippen LogP contribution in [0.5, 0.6) is 5.75 Å². The van der Waals surface area contributed by atoms with Crippen LogP contribution in [0.15, 0.2) is 62.9 Å². The third-order valence-corrected chi connectivity index (χ3v) is 6.93. The molecule has 194 valence electrons. The number of aromatic nitrogens is 3. The van der Waals surface area contributed by atoms with Crippen LogP contribution < -0.4 is 10.3 Å². The van der Waals surface area contributed by atoms with Crippen LogP contribution in [0.2, 0.25) is 0 Å². The molecule has 2 heterocycles. The molecule has 0 radical (unpaired) electrons. The number of hydrogen-bond donors (Lipinski definition) is 0. The molecule has 2 aromatic heterocycles. The lowest BCUT2D eigenvalue weighted by molar-refractivity contribution is 0.198. The molecule has 4 rings (SSSR count). The van der Waals surface area contributed by atoms with Crippen LogP contribution in [0, 0.1) is 19.3 Å². The van der Waals surface area contributed by atoms with Gasteiger partial charge in [0.25, 0.3) is 5.56 Å². The second kappa shape index (κ2) is 10.7. The highest BCUT2D eigenvalue weighted by molar-refractivity contribution is 9.10. The van der Waals surface area contributed by atoms with E-state index in [9.17, 15) is 4.79 Å². The summed E-state index contributed by atoms with van der Waals surface area (Å²) in [6.07, 6.45) is 2.62. The van der Waals surface area contributed by atoms with Crippen molar-refractivity contribution < 1.29 is 4.74 Å². The highest BCUT2D eigenvalue weighted by Gasteiger charge is 2.17. The fraction of sp³-hybridized carbons (Fsp3) is 0.367. The van der Waals surface area contributed by atoms with Crippen molar-refractivity contribution in [2.45, 2.75) is 60.8 Å². The molecule has 0 spiro atoms. The lowest BCUT2D eigenvalue weighted by atomic mass is 9.99. The van der Waals surface area contributed by atoms with Crippen LogP contribution in [0.4, 0.5) is 0 Å². The fourth-order valence-corrected chi connectivity index (χ4v) is 4.57. The van der Waals surface area contributed by atoms with Crippen LogP contribution in [0.3, 0.4) is 0 Å². The van der Waals surface area contributed by atoms with Crippen molar-refractivity contribution in [3.63, 3.8) is 0 Å². The molecule has 7 heteroatoms. The molecule has 2 aromatic carbocycles. The molecule has 0 unspecified atom stereocenters. The second-order valence-electron chi connectivity index (χ2n) is 10.8. The third kappa shape index (κ3) is 5.87. The van der Waals surface area contributed by atoms with E-state index in [1.807, 2.05) is 24.3 Å². The van der Waals surface area contributed by atoms with Gasteiger partial charge in [-0.1, -0.05) is 50.5 Å². The maximum atomic E-state index is 13.4.